The Labute approximate surface area is 148 Å². The Morgan fingerprint density at radius 3 is 3.00 bits per heavy atom. The minimum Gasteiger partial charge on any atom is -0.466 e. The minimum absolute atomic E-state index is 0.00420. The summed E-state index contributed by atoms with van der Waals surface area (Å²) in [6.45, 7) is 8.57. The average molecular weight is 340 g/mol. The Morgan fingerprint density at radius 1 is 1.52 bits per heavy atom. The molecule has 1 fully saturated rings. The zero-order valence-electron chi connectivity index (χ0n) is 14.8. The first-order chi connectivity index (χ1) is 12.1. The molecule has 0 aromatic carbocycles. The summed E-state index contributed by atoms with van der Waals surface area (Å²) >= 11 is 0. The van der Waals surface area contributed by atoms with Crippen LogP contribution in [-0.2, 0) is 11.2 Å². The third kappa shape index (κ3) is 3.82. The van der Waals surface area contributed by atoms with Gasteiger partial charge in [0.2, 0.25) is 0 Å². The average Bonchev–Trinajstić information content (AvgIpc) is 3.16. The Bertz CT molecular complexity index is 739. The second kappa shape index (κ2) is 7.66. The molecule has 0 bridgehead atoms. The molecule has 0 N–H and O–H groups in total. The van der Waals surface area contributed by atoms with E-state index in [4.69, 9.17) is 9.15 Å². The van der Waals surface area contributed by atoms with Crippen molar-refractivity contribution in [3.8, 4) is 0 Å². The largest absolute Gasteiger partial charge is 0.466 e. The van der Waals surface area contributed by atoms with Gasteiger partial charge in [-0.1, -0.05) is 12.1 Å². The second-order valence-corrected chi connectivity index (χ2v) is 6.41. The van der Waals surface area contributed by atoms with Crippen molar-refractivity contribution in [3.05, 3.63) is 65.9 Å². The standard InChI is InChI=1S/C20H24N2O3/c1-4-10-24-19-7-9-22(18(19)12-16-6-5-8-21-13-16)20(23)17-11-14(2)25-15(17)3/h4-6,8,11,13,18-19H,1,7,9-10,12H2,2-3H3/t18-,19-/m1/s1. The van der Waals surface area contributed by atoms with E-state index in [1.54, 1.807) is 12.3 Å². The molecule has 132 valence electrons. The van der Waals surface area contributed by atoms with Gasteiger partial charge in [0.15, 0.2) is 0 Å². The second-order valence-electron chi connectivity index (χ2n) is 6.41. The summed E-state index contributed by atoms with van der Waals surface area (Å²) in [6, 6.07) is 5.74. The molecule has 5 heteroatoms. The summed E-state index contributed by atoms with van der Waals surface area (Å²) in [7, 11) is 0. The van der Waals surface area contributed by atoms with Crippen molar-refractivity contribution < 1.29 is 13.9 Å². The highest BCUT2D eigenvalue weighted by Crippen LogP contribution is 2.27. The zero-order chi connectivity index (χ0) is 17.8. The van der Waals surface area contributed by atoms with Gasteiger partial charge >= 0.3 is 0 Å². The quantitative estimate of drug-likeness (QED) is 0.757. The highest BCUT2D eigenvalue weighted by atomic mass is 16.5. The van der Waals surface area contributed by atoms with Gasteiger partial charge in [-0.15, -0.1) is 6.58 Å². The van der Waals surface area contributed by atoms with E-state index in [2.05, 4.69) is 11.6 Å². The fraction of sp³-hybridized carbons (Fsp3) is 0.400. The summed E-state index contributed by atoms with van der Waals surface area (Å²) in [5.41, 5.74) is 1.73. The summed E-state index contributed by atoms with van der Waals surface area (Å²) in [6.07, 6.45) is 6.88. The highest BCUT2D eigenvalue weighted by molar-refractivity contribution is 5.95. The Balaban J connectivity index is 1.84. The molecule has 3 rings (SSSR count). The predicted molar refractivity (Wildman–Crippen MR) is 95.5 cm³/mol. The number of carbonyl (C=O) groups excluding carboxylic acids is 1. The molecule has 0 unspecified atom stereocenters. The Hall–Kier alpha value is -2.40. The van der Waals surface area contributed by atoms with Crippen LogP contribution < -0.4 is 0 Å². The van der Waals surface area contributed by atoms with E-state index in [0.717, 1.165) is 24.2 Å². The topological polar surface area (TPSA) is 55.6 Å². The van der Waals surface area contributed by atoms with Crippen LogP contribution in [0.15, 0.2) is 47.7 Å². The maximum atomic E-state index is 13.1. The lowest BCUT2D eigenvalue weighted by molar-refractivity contribution is 0.0379. The molecule has 2 aromatic rings. The van der Waals surface area contributed by atoms with Crippen molar-refractivity contribution in [2.45, 2.75) is 38.8 Å². The first-order valence-electron chi connectivity index (χ1n) is 8.59. The minimum atomic E-state index is -0.0220. The number of hydrogen-bond donors (Lipinski definition) is 0. The lowest BCUT2D eigenvalue weighted by Gasteiger charge is -2.28. The van der Waals surface area contributed by atoms with Crippen molar-refractivity contribution >= 4 is 5.91 Å². The van der Waals surface area contributed by atoms with Gasteiger partial charge in [0, 0.05) is 18.9 Å². The highest BCUT2D eigenvalue weighted by Gasteiger charge is 2.38. The molecule has 1 aliphatic heterocycles. The summed E-state index contributed by atoms with van der Waals surface area (Å²) in [4.78, 5) is 19.2. The third-order valence-corrected chi connectivity index (χ3v) is 4.61. The Kier molecular flexibility index (Phi) is 5.34. The monoisotopic (exact) mass is 340 g/mol. The number of aromatic nitrogens is 1. The molecule has 1 amide bonds. The summed E-state index contributed by atoms with van der Waals surface area (Å²) in [5, 5.41) is 0. The van der Waals surface area contributed by atoms with Crippen molar-refractivity contribution in [2.75, 3.05) is 13.2 Å². The lowest BCUT2D eigenvalue weighted by atomic mass is 10.0. The number of hydrogen-bond acceptors (Lipinski definition) is 4. The van der Waals surface area contributed by atoms with Gasteiger partial charge in [0.25, 0.3) is 5.91 Å². The van der Waals surface area contributed by atoms with Gasteiger partial charge in [-0.25, -0.2) is 0 Å². The molecular formula is C20H24N2O3. The van der Waals surface area contributed by atoms with Crippen LogP contribution in [0.3, 0.4) is 0 Å². The number of nitrogens with zero attached hydrogens (tertiary/aromatic N) is 2. The first-order valence-corrected chi connectivity index (χ1v) is 8.59. The van der Waals surface area contributed by atoms with Gasteiger partial charge in [-0.05, 0) is 44.4 Å². The lowest BCUT2D eigenvalue weighted by Crippen LogP contribution is -2.42. The fourth-order valence-electron chi connectivity index (χ4n) is 3.46. The number of likely N-dealkylation sites (tertiary alicyclic amines) is 1. The zero-order valence-corrected chi connectivity index (χ0v) is 14.8. The number of rotatable bonds is 6. The van der Waals surface area contributed by atoms with E-state index < -0.39 is 0 Å². The summed E-state index contributed by atoms with van der Waals surface area (Å²) < 4.78 is 11.5. The smallest absolute Gasteiger partial charge is 0.257 e. The molecule has 5 nitrogen and oxygen atoms in total. The van der Waals surface area contributed by atoms with Crippen molar-refractivity contribution in [1.82, 2.24) is 9.88 Å². The number of furan rings is 1. The van der Waals surface area contributed by atoms with E-state index in [0.29, 0.717) is 24.5 Å². The number of amides is 1. The van der Waals surface area contributed by atoms with Crippen LogP contribution >= 0.6 is 0 Å². The first kappa shape index (κ1) is 17.4. The van der Waals surface area contributed by atoms with Crippen molar-refractivity contribution in [2.24, 2.45) is 0 Å². The molecule has 3 heterocycles. The van der Waals surface area contributed by atoms with E-state index in [1.165, 1.54) is 0 Å². The SMILES string of the molecule is C=CCO[C@@H]1CCN(C(=O)c2cc(C)oc2C)[C@@H]1Cc1cccnc1. The predicted octanol–water partition coefficient (Wildman–Crippen LogP) is 3.32. The molecule has 2 aromatic heterocycles. The molecule has 0 saturated carbocycles. The number of ether oxygens (including phenoxy) is 1. The molecule has 2 atom stereocenters. The maximum Gasteiger partial charge on any atom is 0.257 e. The van der Waals surface area contributed by atoms with Crippen LogP contribution in [-0.4, -0.2) is 41.1 Å². The van der Waals surface area contributed by atoms with Crippen LogP contribution in [0.2, 0.25) is 0 Å². The van der Waals surface area contributed by atoms with Gasteiger partial charge in [-0.2, -0.15) is 0 Å². The van der Waals surface area contributed by atoms with Gasteiger partial charge in [0.1, 0.15) is 11.5 Å². The van der Waals surface area contributed by atoms with Crippen LogP contribution in [0.5, 0.6) is 0 Å². The molecule has 1 aliphatic rings. The van der Waals surface area contributed by atoms with Crippen LogP contribution in [0, 0.1) is 13.8 Å². The number of aryl methyl sites for hydroxylation is 2. The van der Waals surface area contributed by atoms with Crippen LogP contribution in [0.4, 0.5) is 0 Å². The fourth-order valence-corrected chi connectivity index (χ4v) is 3.46. The number of pyridine rings is 1. The van der Waals surface area contributed by atoms with E-state index in [1.807, 2.05) is 43.1 Å². The summed E-state index contributed by atoms with van der Waals surface area (Å²) in [5.74, 6) is 1.43. The van der Waals surface area contributed by atoms with Crippen molar-refractivity contribution in [1.29, 1.82) is 0 Å². The molecule has 0 spiro atoms. The molecule has 1 saturated heterocycles. The van der Waals surface area contributed by atoms with Gasteiger partial charge < -0.3 is 14.1 Å². The van der Waals surface area contributed by atoms with E-state index in [9.17, 15) is 4.79 Å². The normalized spacial score (nSPS) is 20.0. The Morgan fingerprint density at radius 2 is 2.36 bits per heavy atom. The van der Waals surface area contributed by atoms with Gasteiger partial charge in [0.05, 0.1) is 24.3 Å². The molecule has 0 aliphatic carbocycles. The van der Waals surface area contributed by atoms with Crippen LogP contribution in [0.25, 0.3) is 0 Å². The number of carbonyl (C=O) groups is 1. The molecule has 0 radical (unpaired) electrons. The molecular weight excluding hydrogens is 316 g/mol. The van der Waals surface area contributed by atoms with Gasteiger partial charge in [-0.3, -0.25) is 9.78 Å². The third-order valence-electron chi connectivity index (χ3n) is 4.61. The molecule has 25 heavy (non-hydrogen) atoms. The van der Waals surface area contributed by atoms with Crippen molar-refractivity contribution in [3.63, 3.8) is 0 Å². The van der Waals surface area contributed by atoms with E-state index in [-0.39, 0.29) is 18.1 Å². The van der Waals surface area contributed by atoms with Crippen LogP contribution in [0.1, 0.15) is 33.9 Å². The maximum absolute atomic E-state index is 13.1. The van der Waals surface area contributed by atoms with E-state index >= 15 is 0 Å².